The minimum Gasteiger partial charge on any atom is -0.466 e. The Bertz CT molecular complexity index is 717. The molecule has 2 saturated heterocycles. The number of amides is 2. The van der Waals surface area contributed by atoms with Gasteiger partial charge in [-0.2, -0.15) is 0 Å². The van der Waals surface area contributed by atoms with Gasteiger partial charge >= 0.3 is 5.97 Å². The smallest absolute Gasteiger partial charge is 0.306 e. The topological polar surface area (TPSA) is 66.9 Å². The van der Waals surface area contributed by atoms with Gasteiger partial charge in [0.2, 0.25) is 11.8 Å². The van der Waals surface area contributed by atoms with Crippen molar-refractivity contribution in [3.05, 3.63) is 35.9 Å². The van der Waals surface area contributed by atoms with Crippen molar-refractivity contribution in [2.24, 2.45) is 0 Å². The van der Waals surface area contributed by atoms with Crippen LogP contribution in [0.1, 0.15) is 44.6 Å². The Morgan fingerprint density at radius 1 is 1.00 bits per heavy atom. The number of ether oxygens (including phenoxy) is 1. The molecule has 2 fully saturated rings. The Balaban J connectivity index is 1.49. The molecule has 2 aliphatic rings. The Morgan fingerprint density at radius 3 is 2.41 bits per heavy atom. The Labute approximate surface area is 176 Å². The van der Waals surface area contributed by atoms with Crippen LogP contribution in [0.2, 0.25) is 0 Å². The van der Waals surface area contributed by atoms with Crippen molar-refractivity contribution in [3.63, 3.8) is 0 Å². The summed E-state index contributed by atoms with van der Waals surface area (Å²) >= 11 is 1.86. The fraction of sp³-hybridized carbons (Fsp3) is 0.591. The molecule has 0 atom stereocenters. The number of thioether (sulfide) groups is 1. The first kappa shape index (κ1) is 21.7. The van der Waals surface area contributed by atoms with E-state index in [0.717, 1.165) is 31.6 Å². The molecule has 2 amide bonds. The molecule has 1 aromatic rings. The molecule has 7 heteroatoms. The predicted molar refractivity (Wildman–Crippen MR) is 113 cm³/mol. The molecule has 0 saturated carbocycles. The molecule has 3 rings (SSSR count). The van der Waals surface area contributed by atoms with E-state index in [-0.39, 0.29) is 35.5 Å². The summed E-state index contributed by atoms with van der Waals surface area (Å²) in [6.45, 7) is 4.16. The van der Waals surface area contributed by atoms with Crippen LogP contribution < -0.4 is 0 Å². The van der Waals surface area contributed by atoms with Gasteiger partial charge in [-0.05, 0) is 31.7 Å². The summed E-state index contributed by atoms with van der Waals surface area (Å²) < 4.78 is 4.89. The van der Waals surface area contributed by atoms with E-state index in [0.29, 0.717) is 26.1 Å². The summed E-state index contributed by atoms with van der Waals surface area (Å²) in [7, 11) is 0. The number of hydrogen-bond donors (Lipinski definition) is 0. The van der Waals surface area contributed by atoms with E-state index in [4.69, 9.17) is 4.74 Å². The van der Waals surface area contributed by atoms with Gasteiger partial charge in [-0.25, -0.2) is 0 Å². The summed E-state index contributed by atoms with van der Waals surface area (Å²) in [5.74, 6) is 0.836. The molecule has 158 valence electrons. The third-order valence-corrected chi connectivity index (χ3v) is 7.25. The molecule has 6 nitrogen and oxygen atoms in total. The lowest BCUT2D eigenvalue weighted by Gasteiger charge is -2.44. The van der Waals surface area contributed by atoms with Crippen LogP contribution in [0.5, 0.6) is 0 Å². The van der Waals surface area contributed by atoms with Gasteiger partial charge in [-0.3, -0.25) is 14.4 Å². The first-order valence-corrected chi connectivity index (χ1v) is 11.4. The van der Waals surface area contributed by atoms with Crippen molar-refractivity contribution in [2.45, 2.75) is 50.3 Å². The summed E-state index contributed by atoms with van der Waals surface area (Å²) in [5, 5.41) is 0. The molecular weight excluding hydrogens is 388 g/mol. The summed E-state index contributed by atoms with van der Waals surface area (Å²) in [5.41, 5.74) is 1.18. The summed E-state index contributed by atoms with van der Waals surface area (Å²) in [6.07, 6.45) is 3.19. The van der Waals surface area contributed by atoms with Crippen LogP contribution in [-0.2, 0) is 25.5 Å². The predicted octanol–water partition coefficient (Wildman–Crippen LogP) is 2.86. The fourth-order valence-corrected chi connectivity index (χ4v) is 5.59. The van der Waals surface area contributed by atoms with Crippen LogP contribution >= 0.6 is 11.8 Å². The molecule has 0 aliphatic carbocycles. The van der Waals surface area contributed by atoms with E-state index in [2.05, 4.69) is 17.0 Å². The highest BCUT2D eigenvalue weighted by Gasteiger charge is 2.46. The molecular formula is C22H30N2O4S. The Hall–Kier alpha value is -2.02. The number of piperidine rings is 1. The molecule has 0 radical (unpaired) electrons. The standard InChI is InChI=1S/C22H30N2O4S/c1-2-28-21(27)11-10-19(25)23-14-12-22(13-15-23)24(16-17-29-22)20(26)9-8-18-6-4-3-5-7-18/h3-7H,2,8-17H2,1H3. The van der Waals surface area contributed by atoms with Crippen molar-refractivity contribution >= 4 is 29.5 Å². The fourth-order valence-electron chi connectivity index (χ4n) is 4.11. The van der Waals surface area contributed by atoms with Crippen molar-refractivity contribution in [2.75, 3.05) is 32.0 Å². The summed E-state index contributed by atoms with van der Waals surface area (Å²) in [6, 6.07) is 10.1. The zero-order valence-corrected chi connectivity index (χ0v) is 17.9. The average molecular weight is 419 g/mol. The number of benzene rings is 1. The van der Waals surface area contributed by atoms with E-state index in [9.17, 15) is 14.4 Å². The monoisotopic (exact) mass is 418 g/mol. The Morgan fingerprint density at radius 2 is 1.72 bits per heavy atom. The number of carbonyl (C=O) groups excluding carboxylic acids is 3. The molecule has 0 bridgehead atoms. The van der Waals surface area contributed by atoms with Gasteiger partial charge in [0.15, 0.2) is 0 Å². The van der Waals surface area contributed by atoms with E-state index < -0.39 is 0 Å². The molecule has 29 heavy (non-hydrogen) atoms. The third-order valence-electron chi connectivity index (χ3n) is 5.69. The Kier molecular flexibility index (Phi) is 7.58. The van der Waals surface area contributed by atoms with Crippen molar-refractivity contribution in [3.8, 4) is 0 Å². The maximum atomic E-state index is 12.9. The number of likely N-dealkylation sites (tertiary alicyclic amines) is 1. The van der Waals surface area contributed by atoms with Crippen LogP contribution in [0.4, 0.5) is 0 Å². The number of aryl methyl sites for hydroxylation is 1. The van der Waals surface area contributed by atoms with E-state index in [1.165, 1.54) is 5.56 Å². The molecule has 1 aromatic carbocycles. The highest BCUT2D eigenvalue weighted by atomic mass is 32.2. The largest absolute Gasteiger partial charge is 0.466 e. The second kappa shape index (κ2) is 10.1. The minimum atomic E-state index is -0.323. The molecule has 2 heterocycles. The van der Waals surface area contributed by atoms with Crippen molar-refractivity contribution in [1.82, 2.24) is 9.80 Å². The van der Waals surface area contributed by atoms with Gasteiger partial charge in [0.25, 0.3) is 0 Å². The lowest BCUT2D eigenvalue weighted by molar-refractivity contribution is -0.146. The van der Waals surface area contributed by atoms with E-state index in [1.807, 2.05) is 34.9 Å². The van der Waals surface area contributed by atoms with Gasteiger partial charge in [-0.1, -0.05) is 30.3 Å². The second-order valence-corrected chi connectivity index (χ2v) is 8.97. The molecule has 1 spiro atoms. The highest BCUT2D eigenvalue weighted by Crippen LogP contribution is 2.44. The van der Waals surface area contributed by atoms with Crippen molar-refractivity contribution < 1.29 is 19.1 Å². The van der Waals surface area contributed by atoms with E-state index in [1.54, 1.807) is 6.92 Å². The lowest BCUT2D eigenvalue weighted by Crippen LogP contribution is -2.53. The quantitative estimate of drug-likeness (QED) is 0.637. The van der Waals surface area contributed by atoms with Gasteiger partial charge < -0.3 is 14.5 Å². The first-order valence-electron chi connectivity index (χ1n) is 10.5. The molecule has 0 aromatic heterocycles. The van der Waals surface area contributed by atoms with Crippen LogP contribution in [0.25, 0.3) is 0 Å². The summed E-state index contributed by atoms with van der Waals surface area (Å²) in [4.78, 5) is 40.5. The minimum absolute atomic E-state index is 0.00199. The number of hydrogen-bond acceptors (Lipinski definition) is 5. The number of rotatable bonds is 7. The zero-order chi connectivity index (χ0) is 20.7. The van der Waals surface area contributed by atoms with Gasteiger partial charge in [0.05, 0.1) is 17.9 Å². The molecule has 0 N–H and O–H groups in total. The normalized spacial score (nSPS) is 18.1. The molecule has 0 unspecified atom stereocenters. The first-order chi connectivity index (χ1) is 14.0. The van der Waals surface area contributed by atoms with Crippen LogP contribution in [0.15, 0.2) is 30.3 Å². The highest BCUT2D eigenvalue weighted by molar-refractivity contribution is 8.00. The lowest BCUT2D eigenvalue weighted by atomic mass is 10.0. The van der Waals surface area contributed by atoms with Gasteiger partial charge in [0.1, 0.15) is 0 Å². The average Bonchev–Trinajstić information content (AvgIpc) is 3.15. The number of nitrogens with zero attached hydrogens (tertiary/aromatic N) is 2. The maximum absolute atomic E-state index is 12.9. The number of carbonyl (C=O) groups is 3. The van der Waals surface area contributed by atoms with Gasteiger partial charge in [0, 0.05) is 38.2 Å². The van der Waals surface area contributed by atoms with Gasteiger partial charge in [-0.15, -0.1) is 11.8 Å². The van der Waals surface area contributed by atoms with Crippen LogP contribution in [-0.4, -0.2) is 64.4 Å². The third kappa shape index (κ3) is 5.53. The van der Waals surface area contributed by atoms with E-state index >= 15 is 0 Å². The van der Waals surface area contributed by atoms with Crippen molar-refractivity contribution in [1.29, 1.82) is 0 Å². The maximum Gasteiger partial charge on any atom is 0.306 e. The number of esters is 1. The second-order valence-electron chi connectivity index (χ2n) is 7.51. The molecule has 2 aliphatic heterocycles. The zero-order valence-electron chi connectivity index (χ0n) is 17.1. The SMILES string of the molecule is CCOC(=O)CCC(=O)N1CCC2(CC1)SCCN2C(=O)CCc1ccccc1. The van der Waals surface area contributed by atoms with Crippen LogP contribution in [0, 0.1) is 0 Å². The van der Waals surface area contributed by atoms with Crippen LogP contribution in [0.3, 0.4) is 0 Å².